The Morgan fingerprint density at radius 3 is 2.89 bits per heavy atom. The van der Waals surface area contributed by atoms with Crippen molar-refractivity contribution in [3.63, 3.8) is 0 Å². The van der Waals surface area contributed by atoms with Crippen LogP contribution in [0.25, 0.3) is 5.65 Å². The van der Waals surface area contributed by atoms with E-state index in [9.17, 15) is 4.79 Å². The zero-order valence-electron chi connectivity index (χ0n) is 15.3. The molecule has 3 aromatic rings. The van der Waals surface area contributed by atoms with E-state index in [0.717, 1.165) is 22.7 Å². The first kappa shape index (κ1) is 18.5. The molecule has 0 atom stereocenters. The highest BCUT2D eigenvalue weighted by Crippen LogP contribution is 2.15. The lowest BCUT2D eigenvalue weighted by atomic mass is 10.2. The molecule has 0 fully saturated rings. The number of aromatic nitrogens is 2. The molecule has 6 nitrogen and oxygen atoms in total. The van der Waals surface area contributed by atoms with Crippen LogP contribution in [0.5, 0.6) is 5.75 Å². The van der Waals surface area contributed by atoms with Gasteiger partial charge in [-0.05, 0) is 43.2 Å². The van der Waals surface area contributed by atoms with Crippen LogP contribution < -0.4 is 4.74 Å². The smallest absolute Gasteiger partial charge is 0.332 e. The number of esters is 1. The van der Waals surface area contributed by atoms with Crippen molar-refractivity contribution in [2.45, 2.75) is 13.5 Å². The van der Waals surface area contributed by atoms with Gasteiger partial charge in [0.1, 0.15) is 29.4 Å². The van der Waals surface area contributed by atoms with Gasteiger partial charge in [-0.2, -0.15) is 0 Å². The Bertz CT molecular complexity index is 998. The molecule has 0 saturated carbocycles. The number of hydrogen-bond acceptors (Lipinski definition) is 5. The van der Waals surface area contributed by atoms with E-state index < -0.39 is 5.97 Å². The molecule has 2 heterocycles. The summed E-state index contributed by atoms with van der Waals surface area (Å²) < 4.78 is 17.5. The average molecular weight is 364 g/mol. The Labute approximate surface area is 157 Å². The van der Waals surface area contributed by atoms with Gasteiger partial charge in [0.2, 0.25) is 0 Å². The molecule has 2 aromatic heterocycles. The second-order valence-electron chi connectivity index (χ2n) is 5.62. The van der Waals surface area contributed by atoms with E-state index in [0.29, 0.717) is 12.3 Å². The van der Waals surface area contributed by atoms with Gasteiger partial charge >= 0.3 is 5.97 Å². The summed E-state index contributed by atoms with van der Waals surface area (Å²) >= 11 is 0. The van der Waals surface area contributed by atoms with Crippen LogP contribution >= 0.6 is 0 Å². The summed E-state index contributed by atoms with van der Waals surface area (Å²) in [6, 6.07) is 13.3. The largest absolute Gasteiger partial charge is 0.497 e. The van der Waals surface area contributed by atoms with Crippen molar-refractivity contribution in [1.82, 2.24) is 9.38 Å². The van der Waals surface area contributed by atoms with Gasteiger partial charge in [-0.25, -0.2) is 9.78 Å². The highest BCUT2D eigenvalue weighted by molar-refractivity contribution is 5.70. The predicted molar refractivity (Wildman–Crippen MR) is 100 cm³/mol. The number of imidazole rings is 1. The minimum atomic E-state index is -0.398. The van der Waals surface area contributed by atoms with Gasteiger partial charge in [-0.3, -0.25) is 4.40 Å². The topological polar surface area (TPSA) is 62.1 Å². The lowest BCUT2D eigenvalue weighted by molar-refractivity contribution is -0.148. The average Bonchev–Trinajstić information content (AvgIpc) is 3.04. The number of fused-ring (bicyclic) bond motifs is 1. The zero-order chi connectivity index (χ0) is 19.1. The van der Waals surface area contributed by atoms with Gasteiger partial charge in [0.25, 0.3) is 0 Å². The molecule has 0 bridgehead atoms. The standard InChI is InChI=1S/C21H20N2O4/c1-3-27-21(24)15-26-14-18-19(23-12-5-4-9-20(23)22-18)11-10-16-7-6-8-17(13-16)25-2/h4-9,12-13H,3,14-15H2,1-2H3. The van der Waals surface area contributed by atoms with Crippen molar-refractivity contribution in [2.24, 2.45) is 0 Å². The van der Waals surface area contributed by atoms with E-state index in [4.69, 9.17) is 14.2 Å². The van der Waals surface area contributed by atoms with Gasteiger partial charge in [-0.15, -0.1) is 0 Å². The summed E-state index contributed by atoms with van der Waals surface area (Å²) in [7, 11) is 1.62. The quantitative estimate of drug-likeness (QED) is 0.497. The summed E-state index contributed by atoms with van der Waals surface area (Å²) in [5, 5.41) is 0. The van der Waals surface area contributed by atoms with Crippen LogP contribution in [0.15, 0.2) is 48.7 Å². The van der Waals surface area contributed by atoms with Crippen LogP contribution in [0.1, 0.15) is 23.9 Å². The van der Waals surface area contributed by atoms with E-state index in [1.54, 1.807) is 14.0 Å². The lowest BCUT2D eigenvalue weighted by Crippen LogP contribution is -2.12. The molecule has 0 saturated heterocycles. The SMILES string of the molecule is CCOC(=O)COCc1nc2ccccn2c1C#Cc1cccc(OC)c1. The van der Waals surface area contributed by atoms with E-state index in [-0.39, 0.29) is 13.2 Å². The van der Waals surface area contributed by atoms with Gasteiger partial charge < -0.3 is 14.2 Å². The molecule has 0 unspecified atom stereocenters. The number of hydrogen-bond donors (Lipinski definition) is 0. The van der Waals surface area contributed by atoms with Crippen LogP contribution in [0.2, 0.25) is 0 Å². The molecule has 138 valence electrons. The van der Waals surface area contributed by atoms with E-state index in [2.05, 4.69) is 16.8 Å². The summed E-state index contributed by atoms with van der Waals surface area (Å²) in [6.45, 7) is 2.13. The van der Waals surface area contributed by atoms with Crippen LogP contribution in [0, 0.1) is 11.8 Å². The third-order valence-corrected chi connectivity index (χ3v) is 3.76. The summed E-state index contributed by atoms with van der Waals surface area (Å²) in [4.78, 5) is 16.0. The van der Waals surface area contributed by atoms with Gasteiger partial charge in [0.15, 0.2) is 0 Å². The summed E-state index contributed by atoms with van der Waals surface area (Å²) in [5.74, 6) is 6.65. The van der Waals surface area contributed by atoms with E-state index >= 15 is 0 Å². The predicted octanol–water partition coefficient (Wildman–Crippen LogP) is 2.82. The fraction of sp³-hybridized carbons (Fsp3) is 0.238. The number of carbonyl (C=O) groups is 1. The number of rotatable bonds is 6. The number of ether oxygens (including phenoxy) is 3. The maximum Gasteiger partial charge on any atom is 0.332 e. The molecular weight excluding hydrogens is 344 g/mol. The van der Waals surface area contributed by atoms with Gasteiger partial charge in [0, 0.05) is 11.8 Å². The monoisotopic (exact) mass is 364 g/mol. The van der Waals surface area contributed by atoms with Crippen LogP contribution in [-0.2, 0) is 20.9 Å². The lowest BCUT2D eigenvalue weighted by Gasteiger charge is -2.03. The van der Waals surface area contributed by atoms with Crippen molar-refractivity contribution in [1.29, 1.82) is 0 Å². The van der Waals surface area contributed by atoms with Gasteiger partial charge in [0.05, 0.1) is 20.3 Å². The minimum absolute atomic E-state index is 0.121. The van der Waals surface area contributed by atoms with Crippen molar-refractivity contribution in [3.8, 4) is 17.6 Å². The Balaban J connectivity index is 1.87. The molecule has 0 aliphatic carbocycles. The van der Waals surface area contributed by atoms with E-state index in [1.807, 2.05) is 53.1 Å². The van der Waals surface area contributed by atoms with Crippen molar-refractivity contribution < 1.29 is 19.0 Å². The molecule has 0 radical (unpaired) electrons. The van der Waals surface area contributed by atoms with Crippen molar-refractivity contribution >= 4 is 11.6 Å². The van der Waals surface area contributed by atoms with E-state index in [1.165, 1.54) is 0 Å². The normalized spacial score (nSPS) is 10.3. The van der Waals surface area contributed by atoms with Gasteiger partial charge in [-0.1, -0.05) is 18.1 Å². The summed E-state index contributed by atoms with van der Waals surface area (Å²) in [5.41, 5.74) is 2.99. The Morgan fingerprint density at radius 2 is 2.07 bits per heavy atom. The number of methoxy groups -OCH3 is 1. The molecule has 27 heavy (non-hydrogen) atoms. The molecule has 3 rings (SSSR count). The number of carbonyl (C=O) groups excluding carboxylic acids is 1. The first-order valence-electron chi connectivity index (χ1n) is 8.56. The van der Waals surface area contributed by atoms with Crippen LogP contribution in [-0.4, -0.2) is 35.7 Å². The molecule has 0 aliphatic heterocycles. The van der Waals surface area contributed by atoms with Crippen molar-refractivity contribution in [3.05, 3.63) is 65.6 Å². The number of nitrogens with zero attached hydrogens (tertiary/aromatic N) is 2. The Hall–Kier alpha value is -3.30. The number of benzene rings is 1. The first-order valence-corrected chi connectivity index (χ1v) is 8.56. The maximum atomic E-state index is 11.4. The van der Waals surface area contributed by atoms with Crippen molar-refractivity contribution in [2.75, 3.05) is 20.3 Å². The molecule has 0 N–H and O–H groups in total. The maximum absolute atomic E-state index is 11.4. The summed E-state index contributed by atoms with van der Waals surface area (Å²) in [6.07, 6.45) is 1.90. The second-order valence-corrected chi connectivity index (χ2v) is 5.62. The molecule has 1 aromatic carbocycles. The molecule has 0 aliphatic rings. The van der Waals surface area contributed by atoms with Crippen LogP contribution in [0.3, 0.4) is 0 Å². The number of pyridine rings is 1. The molecule has 6 heteroatoms. The zero-order valence-corrected chi connectivity index (χ0v) is 15.3. The molecule has 0 spiro atoms. The minimum Gasteiger partial charge on any atom is -0.497 e. The third kappa shape index (κ3) is 4.66. The van der Waals surface area contributed by atoms with Crippen LogP contribution in [0.4, 0.5) is 0 Å². The fourth-order valence-electron chi connectivity index (χ4n) is 2.54. The third-order valence-electron chi connectivity index (χ3n) is 3.76. The first-order chi connectivity index (χ1) is 13.2. The Morgan fingerprint density at radius 1 is 1.19 bits per heavy atom. The highest BCUT2D eigenvalue weighted by atomic mass is 16.6. The second kappa shape index (κ2) is 8.88. The molecular formula is C21H20N2O4. The highest BCUT2D eigenvalue weighted by Gasteiger charge is 2.11. The molecule has 0 amide bonds. The fourth-order valence-corrected chi connectivity index (χ4v) is 2.54. The Kier molecular flexibility index (Phi) is 6.08.